The molecule has 0 saturated heterocycles. The van der Waals surface area contributed by atoms with Crippen LogP contribution in [-0.2, 0) is 16.1 Å². The number of carbonyl (C=O) groups is 2. The van der Waals surface area contributed by atoms with E-state index in [-0.39, 0.29) is 18.2 Å². The van der Waals surface area contributed by atoms with Crippen LogP contribution in [0.5, 0.6) is 0 Å². The maximum Gasteiger partial charge on any atom is 0.359 e. The Hall–Kier alpha value is -2.28. The Morgan fingerprint density at radius 1 is 1.37 bits per heavy atom. The van der Waals surface area contributed by atoms with Crippen molar-refractivity contribution in [3.63, 3.8) is 0 Å². The summed E-state index contributed by atoms with van der Waals surface area (Å²) in [4.78, 5) is 31.5. The topological polar surface area (TPSA) is 81.2 Å². The number of thiophene rings is 1. The van der Waals surface area contributed by atoms with Crippen LogP contribution >= 0.6 is 11.3 Å². The molecule has 2 aromatic heterocycles. The highest BCUT2D eigenvalue weighted by atomic mass is 32.1. The van der Waals surface area contributed by atoms with Crippen molar-refractivity contribution in [3.8, 4) is 0 Å². The summed E-state index contributed by atoms with van der Waals surface area (Å²) < 4.78 is 4.81. The van der Waals surface area contributed by atoms with Crippen LogP contribution in [0.25, 0.3) is 0 Å². The first-order chi connectivity index (χ1) is 9.25. The number of esters is 1. The van der Waals surface area contributed by atoms with Gasteiger partial charge in [-0.1, -0.05) is 6.07 Å². The zero-order valence-electron chi connectivity index (χ0n) is 9.91. The predicted octanol–water partition coefficient (Wildman–Crippen LogP) is 1.01. The number of nitrogens with zero attached hydrogens (tertiary/aromatic N) is 2. The van der Waals surface area contributed by atoms with Gasteiger partial charge in [-0.3, -0.25) is 9.78 Å². The lowest BCUT2D eigenvalue weighted by Crippen LogP contribution is -2.28. The van der Waals surface area contributed by atoms with Crippen LogP contribution in [0.15, 0.2) is 36.1 Å². The summed E-state index contributed by atoms with van der Waals surface area (Å²) >= 11 is 1.55. The fraction of sp³-hybridized carbons (Fsp3) is 0.167. The lowest BCUT2D eigenvalue weighted by atomic mass is 10.4. The smallest absolute Gasteiger partial charge is 0.359 e. The number of hydrogen-bond acceptors (Lipinski definition) is 6. The third-order valence-corrected chi connectivity index (χ3v) is 3.02. The molecule has 1 N–H and O–H groups in total. The summed E-state index contributed by atoms with van der Waals surface area (Å²) in [5.74, 6) is -1.02. The molecule has 2 heterocycles. The molecule has 6 nitrogen and oxygen atoms in total. The second kappa shape index (κ2) is 6.60. The molecule has 19 heavy (non-hydrogen) atoms. The first-order valence-electron chi connectivity index (χ1n) is 5.48. The molecule has 0 aliphatic heterocycles. The molecule has 0 aliphatic rings. The highest BCUT2D eigenvalue weighted by molar-refractivity contribution is 7.09. The molecule has 2 aromatic rings. The molecule has 98 valence electrons. The highest BCUT2D eigenvalue weighted by Crippen LogP contribution is 2.07. The molecule has 0 saturated carbocycles. The van der Waals surface area contributed by atoms with Crippen molar-refractivity contribution >= 4 is 23.2 Å². The first-order valence-corrected chi connectivity index (χ1v) is 6.36. The molecule has 0 radical (unpaired) electrons. The van der Waals surface area contributed by atoms with E-state index in [2.05, 4.69) is 15.3 Å². The zero-order valence-corrected chi connectivity index (χ0v) is 10.7. The van der Waals surface area contributed by atoms with Crippen LogP contribution < -0.4 is 5.32 Å². The maximum atomic E-state index is 11.5. The number of amides is 1. The first kappa shape index (κ1) is 13.2. The average molecular weight is 277 g/mol. The van der Waals surface area contributed by atoms with Crippen LogP contribution in [0.3, 0.4) is 0 Å². The molecule has 1 amide bonds. The minimum atomic E-state index is -0.667. The number of aromatic nitrogens is 2. The fourth-order valence-electron chi connectivity index (χ4n) is 1.26. The van der Waals surface area contributed by atoms with Crippen molar-refractivity contribution in [3.05, 3.63) is 46.7 Å². The number of hydrogen-bond donors (Lipinski definition) is 1. The molecule has 0 aromatic carbocycles. The van der Waals surface area contributed by atoms with Crippen molar-refractivity contribution in [2.45, 2.75) is 6.54 Å². The zero-order chi connectivity index (χ0) is 13.5. The lowest BCUT2D eigenvalue weighted by Gasteiger charge is -2.04. The Kier molecular flexibility index (Phi) is 4.57. The van der Waals surface area contributed by atoms with Gasteiger partial charge in [0.05, 0.1) is 12.7 Å². The summed E-state index contributed by atoms with van der Waals surface area (Å²) in [5.41, 5.74) is 0.0774. The Morgan fingerprint density at radius 2 is 2.26 bits per heavy atom. The summed E-state index contributed by atoms with van der Waals surface area (Å²) in [6.45, 7) is 0.0972. The third kappa shape index (κ3) is 4.14. The number of carbonyl (C=O) groups excluding carboxylic acids is 2. The van der Waals surface area contributed by atoms with Crippen molar-refractivity contribution in [1.29, 1.82) is 0 Å². The second-order valence-corrected chi connectivity index (χ2v) is 4.56. The van der Waals surface area contributed by atoms with Gasteiger partial charge in [0.25, 0.3) is 5.91 Å². The quantitative estimate of drug-likeness (QED) is 0.825. The van der Waals surface area contributed by atoms with Gasteiger partial charge in [-0.2, -0.15) is 0 Å². The maximum absolute atomic E-state index is 11.5. The summed E-state index contributed by atoms with van der Waals surface area (Å²) in [6, 6.07) is 3.82. The summed E-state index contributed by atoms with van der Waals surface area (Å²) in [6.07, 6.45) is 4.11. The van der Waals surface area contributed by atoms with E-state index < -0.39 is 5.97 Å². The molecule has 0 atom stereocenters. The Labute approximate surface area is 113 Å². The minimum Gasteiger partial charge on any atom is -0.451 e. The van der Waals surface area contributed by atoms with E-state index >= 15 is 0 Å². The van der Waals surface area contributed by atoms with Gasteiger partial charge in [0, 0.05) is 17.3 Å². The molecule has 0 aliphatic carbocycles. The molecule has 0 bridgehead atoms. The van der Waals surface area contributed by atoms with Gasteiger partial charge in [0.15, 0.2) is 12.3 Å². The van der Waals surface area contributed by atoms with Gasteiger partial charge in [-0.25, -0.2) is 9.78 Å². The molecule has 2 rings (SSSR count). The van der Waals surface area contributed by atoms with E-state index in [4.69, 9.17) is 4.74 Å². The molecule has 0 fully saturated rings. The minimum absolute atomic E-state index is 0.0774. The number of nitrogens with one attached hydrogen (secondary N) is 1. The standard InChI is InChI=1S/C12H11N3O3S/c16-11(15-6-9-2-1-5-19-9)8-18-12(17)10-7-13-3-4-14-10/h1-5,7H,6,8H2,(H,15,16). The average Bonchev–Trinajstić information content (AvgIpc) is 2.96. The van der Waals surface area contributed by atoms with Crippen LogP contribution in [-0.4, -0.2) is 28.5 Å². The van der Waals surface area contributed by atoms with Gasteiger partial charge < -0.3 is 10.1 Å². The van der Waals surface area contributed by atoms with Gasteiger partial charge in [-0.15, -0.1) is 11.3 Å². The van der Waals surface area contributed by atoms with Gasteiger partial charge in [-0.05, 0) is 11.4 Å². The van der Waals surface area contributed by atoms with Gasteiger partial charge in [0.2, 0.25) is 0 Å². The predicted molar refractivity (Wildman–Crippen MR) is 68.5 cm³/mol. The van der Waals surface area contributed by atoms with Crippen molar-refractivity contribution in [2.24, 2.45) is 0 Å². The largest absolute Gasteiger partial charge is 0.451 e. The second-order valence-electron chi connectivity index (χ2n) is 3.52. The van der Waals surface area contributed by atoms with Crippen molar-refractivity contribution < 1.29 is 14.3 Å². The van der Waals surface area contributed by atoms with Crippen LogP contribution in [0, 0.1) is 0 Å². The van der Waals surface area contributed by atoms with E-state index in [1.165, 1.54) is 18.6 Å². The lowest BCUT2D eigenvalue weighted by molar-refractivity contribution is -0.124. The fourth-order valence-corrected chi connectivity index (χ4v) is 1.90. The van der Waals surface area contributed by atoms with E-state index in [1.807, 2.05) is 17.5 Å². The molecular formula is C12H11N3O3S. The van der Waals surface area contributed by atoms with E-state index in [0.717, 1.165) is 4.88 Å². The van der Waals surface area contributed by atoms with Crippen molar-refractivity contribution in [1.82, 2.24) is 15.3 Å². The molecule has 7 heteroatoms. The van der Waals surface area contributed by atoms with Crippen LogP contribution in [0.4, 0.5) is 0 Å². The van der Waals surface area contributed by atoms with Crippen molar-refractivity contribution in [2.75, 3.05) is 6.61 Å². The van der Waals surface area contributed by atoms with Crippen LogP contribution in [0.1, 0.15) is 15.4 Å². The molecule has 0 unspecified atom stereocenters. The Morgan fingerprint density at radius 3 is 2.95 bits per heavy atom. The Bertz CT molecular complexity index is 543. The summed E-state index contributed by atoms with van der Waals surface area (Å²) in [5, 5.41) is 4.58. The SMILES string of the molecule is O=C(COC(=O)c1cnccn1)NCc1cccs1. The van der Waals surface area contributed by atoms with Gasteiger partial charge in [0.1, 0.15) is 0 Å². The molecular weight excluding hydrogens is 266 g/mol. The van der Waals surface area contributed by atoms with E-state index in [0.29, 0.717) is 6.54 Å². The third-order valence-electron chi connectivity index (χ3n) is 2.15. The summed E-state index contributed by atoms with van der Waals surface area (Å²) in [7, 11) is 0. The van der Waals surface area contributed by atoms with E-state index in [1.54, 1.807) is 11.3 Å². The number of rotatable bonds is 5. The normalized spacial score (nSPS) is 9.89. The van der Waals surface area contributed by atoms with Gasteiger partial charge >= 0.3 is 5.97 Å². The Balaban J connectivity index is 1.73. The number of ether oxygens (including phenoxy) is 1. The van der Waals surface area contributed by atoms with E-state index in [9.17, 15) is 9.59 Å². The molecule has 0 spiro atoms. The van der Waals surface area contributed by atoms with Crippen LogP contribution in [0.2, 0.25) is 0 Å². The highest BCUT2D eigenvalue weighted by Gasteiger charge is 2.11. The monoisotopic (exact) mass is 277 g/mol.